The first-order valence-corrected chi connectivity index (χ1v) is 3.97. The fourth-order valence-electron chi connectivity index (χ4n) is 1.05. The molecule has 0 aliphatic heterocycles. The first-order valence-electron chi connectivity index (χ1n) is 3.97. The molecule has 0 unspecified atom stereocenters. The van der Waals surface area contributed by atoms with Gasteiger partial charge in [0, 0.05) is 6.04 Å². The molecule has 14 heavy (non-hydrogen) atoms. The van der Waals surface area contributed by atoms with Gasteiger partial charge in [-0.1, -0.05) is 12.1 Å². The molecule has 3 nitrogen and oxygen atoms in total. The number of aromatic carboxylic acids is 1. The van der Waals surface area contributed by atoms with Crippen molar-refractivity contribution in [3.05, 3.63) is 47.8 Å². The van der Waals surface area contributed by atoms with Crippen LogP contribution >= 0.6 is 0 Å². The SMILES string of the molecule is C=C[C@H](N)c1ccc(F)c(C(=O)O)c1. The van der Waals surface area contributed by atoms with Crippen molar-refractivity contribution < 1.29 is 14.3 Å². The summed E-state index contributed by atoms with van der Waals surface area (Å²) in [6.45, 7) is 3.47. The number of carboxylic acid groups (broad SMARTS) is 1. The fourth-order valence-corrected chi connectivity index (χ4v) is 1.05. The van der Waals surface area contributed by atoms with Gasteiger partial charge in [-0.25, -0.2) is 9.18 Å². The molecule has 1 atom stereocenters. The molecule has 0 saturated carbocycles. The Hall–Kier alpha value is -1.68. The van der Waals surface area contributed by atoms with Crippen molar-refractivity contribution in [3.63, 3.8) is 0 Å². The zero-order chi connectivity index (χ0) is 10.7. The van der Waals surface area contributed by atoms with E-state index in [1.165, 1.54) is 18.2 Å². The number of hydrogen-bond acceptors (Lipinski definition) is 2. The van der Waals surface area contributed by atoms with Crippen molar-refractivity contribution in [2.75, 3.05) is 0 Å². The third-order valence-corrected chi connectivity index (χ3v) is 1.86. The van der Waals surface area contributed by atoms with Crippen LogP contribution in [0.3, 0.4) is 0 Å². The molecular formula is C10H10FNO2. The van der Waals surface area contributed by atoms with Crippen LogP contribution in [0.15, 0.2) is 30.9 Å². The number of carbonyl (C=O) groups is 1. The lowest BCUT2D eigenvalue weighted by molar-refractivity contribution is 0.0692. The molecule has 1 rings (SSSR count). The molecule has 3 N–H and O–H groups in total. The van der Waals surface area contributed by atoms with Gasteiger partial charge in [0.05, 0.1) is 5.56 Å². The van der Waals surface area contributed by atoms with Crippen LogP contribution in [0.2, 0.25) is 0 Å². The van der Waals surface area contributed by atoms with Gasteiger partial charge in [0.2, 0.25) is 0 Å². The van der Waals surface area contributed by atoms with Gasteiger partial charge >= 0.3 is 5.97 Å². The molecule has 1 aromatic carbocycles. The summed E-state index contributed by atoms with van der Waals surface area (Å²) < 4.78 is 12.9. The first-order chi connectivity index (χ1) is 6.56. The van der Waals surface area contributed by atoms with Gasteiger partial charge in [0.15, 0.2) is 0 Å². The molecule has 0 bridgehead atoms. The normalized spacial score (nSPS) is 12.1. The summed E-state index contributed by atoms with van der Waals surface area (Å²) in [6.07, 6.45) is 1.46. The molecule has 0 fully saturated rings. The van der Waals surface area contributed by atoms with E-state index >= 15 is 0 Å². The van der Waals surface area contributed by atoms with Gasteiger partial charge in [0.25, 0.3) is 0 Å². The average Bonchev–Trinajstić information content (AvgIpc) is 2.17. The molecule has 0 saturated heterocycles. The minimum absolute atomic E-state index is 0.375. The van der Waals surface area contributed by atoms with Crippen LogP contribution in [0.25, 0.3) is 0 Å². The summed E-state index contributed by atoms with van der Waals surface area (Å²) in [5.41, 5.74) is 5.73. The van der Waals surface area contributed by atoms with Crippen molar-refractivity contribution in [2.45, 2.75) is 6.04 Å². The van der Waals surface area contributed by atoms with Crippen LogP contribution in [0, 0.1) is 5.82 Å². The summed E-state index contributed by atoms with van der Waals surface area (Å²) in [6, 6.07) is 3.26. The van der Waals surface area contributed by atoms with Crippen LogP contribution in [0.5, 0.6) is 0 Å². The zero-order valence-corrected chi connectivity index (χ0v) is 7.40. The standard InChI is InChI=1S/C10H10FNO2/c1-2-9(12)6-3-4-8(11)7(5-6)10(13)14/h2-5,9H,1,12H2,(H,13,14)/t9-/m0/s1. The molecule has 0 radical (unpaired) electrons. The summed E-state index contributed by atoms with van der Waals surface area (Å²) in [5.74, 6) is -2.07. The Labute approximate surface area is 80.7 Å². The molecule has 74 valence electrons. The Morgan fingerprint density at radius 3 is 2.79 bits per heavy atom. The summed E-state index contributed by atoms with van der Waals surface area (Å²) in [5, 5.41) is 8.64. The smallest absolute Gasteiger partial charge is 0.338 e. The molecule has 0 aliphatic carbocycles. The number of rotatable bonds is 3. The van der Waals surface area contributed by atoms with E-state index in [4.69, 9.17) is 10.8 Å². The zero-order valence-electron chi connectivity index (χ0n) is 7.40. The lowest BCUT2D eigenvalue weighted by Gasteiger charge is -2.07. The second-order valence-electron chi connectivity index (χ2n) is 2.81. The molecule has 0 spiro atoms. The maximum atomic E-state index is 12.9. The van der Waals surface area contributed by atoms with Crippen molar-refractivity contribution >= 4 is 5.97 Å². The van der Waals surface area contributed by atoms with E-state index in [9.17, 15) is 9.18 Å². The minimum atomic E-state index is -1.30. The van der Waals surface area contributed by atoms with Crippen LogP contribution in [0.1, 0.15) is 22.0 Å². The van der Waals surface area contributed by atoms with Crippen LogP contribution in [-0.2, 0) is 0 Å². The number of carboxylic acids is 1. The van der Waals surface area contributed by atoms with Gasteiger partial charge in [-0.05, 0) is 17.7 Å². The monoisotopic (exact) mass is 195 g/mol. The largest absolute Gasteiger partial charge is 0.478 e. The van der Waals surface area contributed by atoms with E-state index in [2.05, 4.69) is 6.58 Å². The highest BCUT2D eigenvalue weighted by Crippen LogP contribution is 2.16. The van der Waals surface area contributed by atoms with Crippen molar-refractivity contribution in [3.8, 4) is 0 Å². The van der Waals surface area contributed by atoms with E-state index in [0.717, 1.165) is 6.07 Å². The third kappa shape index (κ3) is 1.97. The fraction of sp³-hybridized carbons (Fsp3) is 0.100. The average molecular weight is 195 g/mol. The molecule has 0 aromatic heterocycles. The Morgan fingerprint density at radius 1 is 1.64 bits per heavy atom. The summed E-state index contributed by atoms with van der Waals surface area (Å²) in [7, 11) is 0. The Bertz CT molecular complexity index is 376. The molecule has 4 heteroatoms. The predicted molar refractivity (Wildman–Crippen MR) is 50.5 cm³/mol. The van der Waals surface area contributed by atoms with Gasteiger partial charge in [-0.2, -0.15) is 0 Å². The van der Waals surface area contributed by atoms with Gasteiger partial charge in [-0.15, -0.1) is 6.58 Å². The predicted octanol–water partition coefficient (Wildman–Crippen LogP) is 1.71. The van der Waals surface area contributed by atoms with E-state index in [1.54, 1.807) is 0 Å². The molecule has 1 aromatic rings. The summed E-state index contributed by atoms with van der Waals surface area (Å²) >= 11 is 0. The van der Waals surface area contributed by atoms with Gasteiger partial charge < -0.3 is 10.8 Å². The van der Waals surface area contributed by atoms with E-state index in [0.29, 0.717) is 5.56 Å². The maximum absolute atomic E-state index is 12.9. The number of hydrogen-bond donors (Lipinski definition) is 2. The lowest BCUT2D eigenvalue weighted by atomic mass is 10.0. The first kappa shape index (κ1) is 10.4. The van der Waals surface area contributed by atoms with Crippen LogP contribution in [0.4, 0.5) is 4.39 Å². The van der Waals surface area contributed by atoms with Gasteiger partial charge in [0.1, 0.15) is 5.82 Å². The second kappa shape index (κ2) is 4.02. The van der Waals surface area contributed by atoms with E-state index in [1.807, 2.05) is 0 Å². The summed E-state index contributed by atoms with van der Waals surface area (Å²) in [4.78, 5) is 10.6. The lowest BCUT2D eigenvalue weighted by Crippen LogP contribution is -2.09. The number of benzene rings is 1. The highest BCUT2D eigenvalue weighted by Gasteiger charge is 2.12. The molecule has 0 aliphatic rings. The minimum Gasteiger partial charge on any atom is -0.478 e. The highest BCUT2D eigenvalue weighted by atomic mass is 19.1. The maximum Gasteiger partial charge on any atom is 0.338 e. The Morgan fingerprint density at radius 2 is 2.29 bits per heavy atom. The van der Waals surface area contributed by atoms with Crippen LogP contribution < -0.4 is 5.73 Å². The van der Waals surface area contributed by atoms with E-state index in [-0.39, 0.29) is 5.56 Å². The number of nitrogens with two attached hydrogens (primary N) is 1. The molecule has 0 heterocycles. The number of halogens is 1. The second-order valence-corrected chi connectivity index (χ2v) is 2.81. The van der Waals surface area contributed by atoms with Crippen molar-refractivity contribution in [2.24, 2.45) is 5.73 Å². The molecule has 0 amide bonds. The van der Waals surface area contributed by atoms with E-state index < -0.39 is 17.8 Å². The highest BCUT2D eigenvalue weighted by molar-refractivity contribution is 5.88. The Balaban J connectivity index is 3.19. The molecular weight excluding hydrogens is 185 g/mol. The van der Waals surface area contributed by atoms with Gasteiger partial charge in [-0.3, -0.25) is 0 Å². The third-order valence-electron chi connectivity index (χ3n) is 1.86. The van der Waals surface area contributed by atoms with Crippen molar-refractivity contribution in [1.29, 1.82) is 0 Å². The van der Waals surface area contributed by atoms with Crippen molar-refractivity contribution in [1.82, 2.24) is 0 Å². The quantitative estimate of drug-likeness (QED) is 0.721. The topological polar surface area (TPSA) is 63.3 Å². The Kier molecular flexibility index (Phi) is 2.99. The van der Waals surface area contributed by atoms with Crippen LogP contribution in [-0.4, -0.2) is 11.1 Å².